The van der Waals surface area contributed by atoms with E-state index in [9.17, 15) is 15.2 Å². The number of halogens is 2. The minimum Gasteiger partial charge on any atom is -0.503 e. The van der Waals surface area contributed by atoms with Crippen molar-refractivity contribution in [2.75, 3.05) is 7.11 Å². The second-order valence-electron chi connectivity index (χ2n) is 5.03. The highest BCUT2D eigenvalue weighted by atomic mass is 79.9. The first-order valence-corrected chi connectivity index (χ1v) is 8.32. The second-order valence-corrected chi connectivity index (χ2v) is 6.32. The van der Waals surface area contributed by atoms with Gasteiger partial charge in [-0.25, -0.2) is 0 Å². The van der Waals surface area contributed by atoms with E-state index in [1.54, 1.807) is 30.3 Å². The molecule has 0 radical (unpaired) electrons. The molecule has 2 N–H and O–H groups in total. The Morgan fingerprint density at radius 2 is 2.08 bits per heavy atom. The van der Waals surface area contributed by atoms with Crippen molar-refractivity contribution in [2.24, 2.45) is 0 Å². The molecule has 7 heteroatoms. The van der Waals surface area contributed by atoms with Crippen molar-refractivity contribution >= 4 is 39.5 Å². The van der Waals surface area contributed by atoms with Crippen molar-refractivity contribution in [2.45, 2.75) is 6.54 Å². The molecule has 0 fully saturated rings. The van der Waals surface area contributed by atoms with E-state index in [0.717, 1.165) is 5.56 Å². The highest BCUT2D eigenvalue weighted by Crippen LogP contribution is 2.35. The molecule has 0 aliphatic heterocycles. The van der Waals surface area contributed by atoms with Crippen molar-refractivity contribution in [3.05, 3.63) is 62.6 Å². The molecule has 0 bridgehead atoms. The number of aromatic hydroxyl groups is 1. The highest BCUT2D eigenvalue weighted by molar-refractivity contribution is 9.10. The molecule has 0 aliphatic carbocycles. The van der Waals surface area contributed by atoms with Crippen LogP contribution in [0.3, 0.4) is 0 Å². The predicted octanol–water partition coefficient (Wildman–Crippen LogP) is 4.04. The third-order valence-corrected chi connectivity index (χ3v) is 4.17. The number of phenols is 1. The zero-order valence-electron chi connectivity index (χ0n) is 13.2. The van der Waals surface area contributed by atoms with Crippen LogP contribution < -0.4 is 10.1 Å². The third-order valence-electron chi connectivity index (χ3n) is 3.31. The van der Waals surface area contributed by atoms with Gasteiger partial charge in [0.2, 0.25) is 0 Å². The second kappa shape index (κ2) is 8.56. The molecule has 2 aromatic carbocycles. The molecule has 0 aliphatic rings. The fourth-order valence-electron chi connectivity index (χ4n) is 2.03. The van der Waals surface area contributed by atoms with E-state index in [1.807, 2.05) is 6.07 Å². The minimum atomic E-state index is -0.499. The molecule has 1 amide bonds. The summed E-state index contributed by atoms with van der Waals surface area (Å²) < 4.78 is 5.45. The van der Waals surface area contributed by atoms with Crippen LogP contribution in [0.4, 0.5) is 0 Å². The van der Waals surface area contributed by atoms with E-state index in [2.05, 4.69) is 21.2 Å². The monoisotopic (exact) mass is 420 g/mol. The average Bonchev–Trinajstić information content (AvgIpc) is 2.61. The number of carbonyl (C=O) groups is 1. The Morgan fingerprint density at radius 3 is 2.68 bits per heavy atom. The number of methoxy groups -OCH3 is 1. The molecule has 128 valence electrons. The van der Waals surface area contributed by atoms with Crippen molar-refractivity contribution in [1.29, 1.82) is 5.26 Å². The largest absolute Gasteiger partial charge is 0.503 e. The zero-order chi connectivity index (χ0) is 18.4. The van der Waals surface area contributed by atoms with E-state index < -0.39 is 5.91 Å². The first kappa shape index (κ1) is 18.8. The van der Waals surface area contributed by atoms with E-state index in [-0.39, 0.29) is 23.6 Å². The maximum Gasteiger partial charge on any atom is 0.262 e. The quantitative estimate of drug-likeness (QED) is 0.564. The first-order chi connectivity index (χ1) is 11.9. The predicted molar refractivity (Wildman–Crippen MR) is 99.2 cm³/mol. The number of nitrogens with zero attached hydrogens (tertiary/aromatic N) is 1. The van der Waals surface area contributed by atoms with Gasteiger partial charge in [0.05, 0.1) is 11.6 Å². The van der Waals surface area contributed by atoms with Crippen LogP contribution >= 0.6 is 27.5 Å². The molecular weight excluding hydrogens is 408 g/mol. The molecule has 2 rings (SSSR count). The van der Waals surface area contributed by atoms with Crippen molar-refractivity contribution in [3.8, 4) is 17.6 Å². The number of nitriles is 1. The SMILES string of the molecule is COc1cc(C=C(C#N)C(=O)NCc2ccc(Cl)cc2)cc(Br)c1O. The highest BCUT2D eigenvalue weighted by Gasteiger charge is 2.12. The summed E-state index contributed by atoms with van der Waals surface area (Å²) in [5.41, 5.74) is 1.34. The van der Waals surface area contributed by atoms with Gasteiger partial charge in [0.1, 0.15) is 11.6 Å². The van der Waals surface area contributed by atoms with Gasteiger partial charge in [0.25, 0.3) is 5.91 Å². The normalized spacial score (nSPS) is 10.9. The number of hydrogen-bond acceptors (Lipinski definition) is 4. The third kappa shape index (κ3) is 4.99. The van der Waals surface area contributed by atoms with Gasteiger partial charge in [0.15, 0.2) is 11.5 Å². The van der Waals surface area contributed by atoms with Crippen molar-refractivity contribution in [1.82, 2.24) is 5.32 Å². The average molecular weight is 422 g/mol. The summed E-state index contributed by atoms with van der Waals surface area (Å²) >= 11 is 9.01. The van der Waals surface area contributed by atoms with Crippen LogP contribution in [-0.2, 0) is 11.3 Å². The van der Waals surface area contributed by atoms with Crippen LogP contribution in [0.1, 0.15) is 11.1 Å². The number of carbonyl (C=O) groups excluding carboxylic acids is 1. The van der Waals surface area contributed by atoms with Gasteiger partial charge in [-0.05, 0) is 57.4 Å². The topological polar surface area (TPSA) is 82.3 Å². The number of hydrogen-bond donors (Lipinski definition) is 2. The van der Waals surface area contributed by atoms with E-state index in [1.165, 1.54) is 19.3 Å². The summed E-state index contributed by atoms with van der Waals surface area (Å²) in [5.74, 6) is -0.314. The van der Waals surface area contributed by atoms with Crippen LogP contribution in [-0.4, -0.2) is 18.1 Å². The summed E-state index contributed by atoms with van der Waals surface area (Å²) in [6, 6.07) is 12.0. The van der Waals surface area contributed by atoms with Crippen molar-refractivity contribution in [3.63, 3.8) is 0 Å². The van der Waals surface area contributed by atoms with Crippen LogP contribution in [0.5, 0.6) is 11.5 Å². The lowest BCUT2D eigenvalue weighted by molar-refractivity contribution is -0.117. The molecule has 0 saturated heterocycles. The maximum absolute atomic E-state index is 12.2. The molecule has 25 heavy (non-hydrogen) atoms. The van der Waals surface area contributed by atoms with E-state index in [0.29, 0.717) is 15.1 Å². The lowest BCUT2D eigenvalue weighted by Gasteiger charge is -2.08. The Bertz CT molecular complexity index is 858. The first-order valence-electron chi connectivity index (χ1n) is 7.15. The molecule has 0 spiro atoms. The molecule has 0 saturated carbocycles. The van der Waals surface area contributed by atoms with Crippen LogP contribution in [0.15, 0.2) is 46.4 Å². The molecule has 0 aromatic heterocycles. The minimum absolute atomic E-state index is 0.0506. The number of rotatable bonds is 5. The fourth-order valence-corrected chi connectivity index (χ4v) is 2.61. The number of ether oxygens (including phenoxy) is 1. The number of phenolic OH excluding ortho intramolecular Hbond substituents is 1. The maximum atomic E-state index is 12.2. The van der Waals surface area contributed by atoms with Crippen LogP contribution in [0.25, 0.3) is 6.08 Å². The van der Waals surface area contributed by atoms with Crippen LogP contribution in [0, 0.1) is 11.3 Å². The van der Waals surface area contributed by atoms with Crippen LogP contribution in [0.2, 0.25) is 5.02 Å². The molecule has 0 unspecified atom stereocenters. The number of nitrogens with one attached hydrogen (secondary N) is 1. The Morgan fingerprint density at radius 1 is 1.40 bits per heavy atom. The molecule has 2 aromatic rings. The van der Waals surface area contributed by atoms with Gasteiger partial charge >= 0.3 is 0 Å². The summed E-state index contributed by atoms with van der Waals surface area (Å²) in [4.78, 5) is 12.2. The Hall–Kier alpha value is -2.49. The molecule has 0 heterocycles. The van der Waals surface area contributed by atoms with Gasteiger partial charge in [-0.1, -0.05) is 23.7 Å². The summed E-state index contributed by atoms with van der Waals surface area (Å²) in [6.07, 6.45) is 1.42. The summed E-state index contributed by atoms with van der Waals surface area (Å²) in [6.45, 7) is 0.275. The Balaban J connectivity index is 2.16. The standard InChI is InChI=1S/C18H14BrClN2O3/c1-25-16-8-12(7-15(19)17(16)23)6-13(9-21)18(24)22-10-11-2-4-14(20)5-3-11/h2-8,23H,10H2,1H3,(H,22,24). The van der Waals surface area contributed by atoms with Gasteiger partial charge in [-0.3, -0.25) is 4.79 Å². The summed E-state index contributed by atoms with van der Waals surface area (Å²) in [7, 11) is 1.42. The molecule has 0 atom stereocenters. The van der Waals surface area contributed by atoms with Gasteiger partial charge < -0.3 is 15.2 Å². The smallest absolute Gasteiger partial charge is 0.262 e. The van der Waals surface area contributed by atoms with Gasteiger partial charge in [0, 0.05) is 11.6 Å². The van der Waals surface area contributed by atoms with Crippen molar-refractivity contribution < 1.29 is 14.6 Å². The van der Waals surface area contributed by atoms with Gasteiger partial charge in [-0.15, -0.1) is 0 Å². The van der Waals surface area contributed by atoms with E-state index in [4.69, 9.17) is 16.3 Å². The zero-order valence-corrected chi connectivity index (χ0v) is 15.6. The summed E-state index contributed by atoms with van der Waals surface area (Å²) in [5, 5.41) is 22.3. The Kier molecular flexibility index (Phi) is 6.45. The molecule has 5 nitrogen and oxygen atoms in total. The lowest BCUT2D eigenvalue weighted by Crippen LogP contribution is -2.23. The number of amides is 1. The van der Waals surface area contributed by atoms with E-state index >= 15 is 0 Å². The Labute approximate surface area is 158 Å². The fraction of sp³-hybridized carbons (Fsp3) is 0.111. The van der Waals surface area contributed by atoms with Gasteiger partial charge in [-0.2, -0.15) is 5.26 Å². The molecular formula is C18H14BrClN2O3. The number of benzene rings is 2. The lowest BCUT2D eigenvalue weighted by atomic mass is 10.1.